The number of hydrazine groups is 2. The topological polar surface area (TPSA) is 39.7 Å². The van der Waals surface area contributed by atoms with Crippen molar-refractivity contribution in [2.24, 2.45) is 5.10 Å². The Labute approximate surface area is 55.9 Å². The van der Waals surface area contributed by atoms with E-state index in [1.54, 1.807) is 5.01 Å². The molecule has 9 heavy (non-hydrogen) atoms. The van der Waals surface area contributed by atoms with Crippen LogP contribution < -0.4 is 11.1 Å². The van der Waals surface area contributed by atoms with E-state index in [9.17, 15) is 0 Å². The summed E-state index contributed by atoms with van der Waals surface area (Å²) in [4.78, 5) is 0. The first-order chi connectivity index (χ1) is 4.30. The van der Waals surface area contributed by atoms with Crippen molar-refractivity contribution in [3.63, 3.8) is 0 Å². The van der Waals surface area contributed by atoms with Gasteiger partial charge in [0.1, 0.15) is 5.84 Å². The van der Waals surface area contributed by atoms with Crippen LogP contribution in [0.4, 0.5) is 0 Å². The summed E-state index contributed by atoms with van der Waals surface area (Å²) in [6, 6.07) is 0. The van der Waals surface area contributed by atoms with Crippen molar-refractivity contribution in [2.45, 2.75) is 20.8 Å². The molecular weight excluding hydrogens is 116 g/mol. The second-order valence-corrected chi connectivity index (χ2v) is 1.44. The van der Waals surface area contributed by atoms with Crippen LogP contribution in [0, 0.1) is 0 Å². The minimum Gasteiger partial charge on any atom is -0.278 e. The lowest BCUT2D eigenvalue weighted by Crippen LogP contribution is -2.36. The van der Waals surface area contributed by atoms with Crippen LogP contribution in [0.25, 0.3) is 0 Å². The first-order valence-corrected chi connectivity index (χ1v) is 3.09. The molecule has 0 unspecified atom stereocenters. The standard InChI is InChI=1S/C3H8N4.C2H6/c1-3-4-5-6-7(3)2;1-2/h5-6H,1-2H3;1-2H3. The molecule has 1 heterocycles. The van der Waals surface area contributed by atoms with E-state index in [1.165, 1.54) is 0 Å². The molecule has 0 aliphatic carbocycles. The van der Waals surface area contributed by atoms with E-state index >= 15 is 0 Å². The van der Waals surface area contributed by atoms with Gasteiger partial charge in [0.2, 0.25) is 0 Å². The zero-order valence-electron chi connectivity index (χ0n) is 6.39. The van der Waals surface area contributed by atoms with Crippen molar-refractivity contribution >= 4 is 5.84 Å². The minimum absolute atomic E-state index is 0.944. The Kier molecular flexibility index (Phi) is 3.79. The molecule has 1 aliphatic rings. The van der Waals surface area contributed by atoms with Gasteiger partial charge in [-0.3, -0.25) is 5.01 Å². The van der Waals surface area contributed by atoms with Gasteiger partial charge in [0.05, 0.1) is 0 Å². The van der Waals surface area contributed by atoms with Gasteiger partial charge in [0.25, 0.3) is 0 Å². The van der Waals surface area contributed by atoms with Gasteiger partial charge >= 0.3 is 0 Å². The van der Waals surface area contributed by atoms with Crippen LogP contribution in [0.1, 0.15) is 20.8 Å². The number of nitrogens with one attached hydrogen (secondary N) is 2. The maximum absolute atomic E-state index is 3.80. The van der Waals surface area contributed by atoms with E-state index in [4.69, 9.17) is 0 Å². The molecule has 1 aliphatic heterocycles. The lowest BCUT2D eigenvalue weighted by atomic mass is 10.7. The molecular formula is C5H14N4. The van der Waals surface area contributed by atoms with Gasteiger partial charge < -0.3 is 0 Å². The summed E-state index contributed by atoms with van der Waals surface area (Å²) in [6.45, 7) is 5.91. The van der Waals surface area contributed by atoms with Crippen molar-refractivity contribution in [2.75, 3.05) is 7.05 Å². The lowest BCUT2D eigenvalue weighted by molar-refractivity contribution is 0.347. The van der Waals surface area contributed by atoms with Crippen LogP contribution in [0.5, 0.6) is 0 Å². The summed E-state index contributed by atoms with van der Waals surface area (Å²) < 4.78 is 0. The van der Waals surface area contributed by atoms with Crippen LogP contribution in [0.15, 0.2) is 5.10 Å². The van der Waals surface area contributed by atoms with Crippen molar-refractivity contribution in [1.29, 1.82) is 0 Å². The zero-order chi connectivity index (χ0) is 7.28. The van der Waals surface area contributed by atoms with Gasteiger partial charge in [0, 0.05) is 7.05 Å². The smallest absolute Gasteiger partial charge is 0.138 e. The highest BCUT2D eigenvalue weighted by Crippen LogP contribution is 1.82. The molecule has 0 atom stereocenters. The normalized spacial score (nSPS) is 15.6. The largest absolute Gasteiger partial charge is 0.278 e. The van der Waals surface area contributed by atoms with E-state index in [1.807, 2.05) is 27.8 Å². The van der Waals surface area contributed by atoms with Gasteiger partial charge in [-0.2, -0.15) is 0 Å². The molecule has 1 rings (SSSR count). The third-order valence-corrected chi connectivity index (χ3v) is 0.921. The second kappa shape index (κ2) is 4.14. The first-order valence-electron chi connectivity index (χ1n) is 3.09. The van der Waals surface area contributed by atoms with E-state index in [0.29, 0.717) is 0 Å². The molecule has 0 aromatic rings. The monoisotopic (exact) mass is 130 g/mol. The molecule has 0 saturated heterocycles. The number of nitrogens with zero attached hydrogens (tertiary/aromatic N) is 2. The fourth-order valence-electron chi connectivity index (χ4n) is 0.337. The summed E-state index contributed by atoms with van der Waals surface area (Å²) in [5, 5.41) is 5.59. The number of amidine groups is 1. The molecule has 0 bridgehead atoms. The van der Waals surface area contributed by atoms with Gasteiger partial charge in [-0.15, -0.1) is 10.6 Å². The Morgan fingerprint density at radius 1 is 1.44 bits per heavy atom. The summed E-state index contributed by atoms with van der Waals surface area (Å²) in [5.74, 6) is 0.944. The molecule has 0 radical (unpaired) electrons. The molecule has 0 fully saturated rings. The first kappa shape index (κ1) is 8.23. The van der Waals surface area contributed by atoms with Gasteiger partial charge in [-0.05, 0) is 6.92 Å². The van der Waals surface area contributed by atoms with Gasteiger partial charge in [-0.1, -0.05) is 13.8 Å². The average Bonchev–Trinajstić information content (AvgIpc) is 2.23. The molecule has 0 spiro atoms. The van der Waals surface area contributed by atoms with Crippen molar-refractivity contribution in [1.82, 2.24) is 16.1 Å². The molecule has 0 aromatic carbocycles. The predicted octanol–water partition coefficient (Wildman–Crippen LogP) is 0.301. The van der Waals surface area contributed by atoms with Crippen LogP contribution in [0.3, 0.4) is 0 Å². The third-order valence-electron chi connectivity index (χ3n) is 0.921. The van der Waals surface area contributed by atoms with Crippen molar-refractivity contribution < 1.29 is 0 Å². The Balaban J connectivity index is 0.000000291. The molecule has 0 aromatic heterocycles. The van der Waals surface area contributed by atoms with E-state index in [0.717, 1.165) is 5.84 Å². The number of rotatable bonds is 0. The fraction of sp³-hybridized carbons (Fsp3) is 0.800. The SMILES string of the molecule is CC.CC1=NNNN1C. The van der Waals surface area contributed by atoms with Crippen molar-refractivity contribution in [3.8, 4) is 0 Å². The fourth-order valence-corrected chi connectivity index (χ4v) is 0.337. The molecule has 0 saturated carbocycles. The van der Waals surface area contributed by atoms with Crippen LogP contribution in [-0.4, -0.2) is 17.9 Å². The summed E-state index contributed by atoms with van der Waals surface area (Å²) >= 11 is 0. The molecule has 54 valence electrons. The third kappa shape index (κ3) is 2.32. The summed E-state index contributed by atoms with van der Waals surface area (Å²) in [6.07, 6.45) is 0. The Hall–Kier alpha value is -0.770. The molecule has 0 amide bonds. The zero-order valence-corrected chi connectivity index (χ0v) is 6.39. The van der Waals surface area contributed by atoms with E-state index < -0.39 is 0 Å². The number of hydrazone groups is 1. The summed E-state index contributed by atoms with van der Waals surface area (Å²) in [5.41, 5.74) is 5.33. The van der Waals surface area contributed by atoms with E-state index in [-0.39, 0.29) is 0 Å². The number of hydrogen-bond donors (Lipinski definition) is 2. The Morgan fingerprint density at radius 3 is 2.11 bits per heavy atom. The second-order valence-electron chi connectivity index (χ2n) is 1.44. The maximum atomic E-state index is 3.80. The highest BCUT2D eigenvalue weighted by Gasteiger charge is 2.02. The lowest BCUT2D eigenvalue weighted by Gasteiger charge is -2.06. The van der Waals surface area contributed by atoms with Gasteiger partial charge in [-0.25, -0.2) is 5.53 Å². The number of hydrogen-bond acceptors (Lipinski definition) is 4. The van der Waals surface area contributed by atoms with Gasteiger partial charge in [0.15, 0.2) is 0 Å². The average molecular weight is 130 g/mol. The highest BCUT2D eigenvalue weighted by molar-refractivity contribution is 5.79. The minimum atomic E-state index is 0.944. The Morgan fingerprint density at radius 2 is 2.00 bits per heavy atom. The molecule has 4 nitrogen and oxygen atoms in total. The Bertz CT molecular complexity index is 99.1. The molecule has 4 heteroatoms. The molecule has 2 N–H and O–H groups in total. The van der Waals surface area contributed by atoms with Crippen molar-refractivity contribution in [3.05, 3.63) is 0 Å². The quantitative estimate of drug-likeness (QED) is 0.495. The van der Waals surface area contributed by atoms with Crippen LogP contribution in [-0.2, 0) is 0 Å². The van der Waals surface area contributed by atoms with E-state index in [2.05, 4.69) is 16.2 Å². The maximum Gasteiger partial charge on any atom is 0.138 e. The predicted molar refractivity (Wildman–Crippen MR) is 38.5 cm³/mol. The van der Waals surface area contributed by atoms with Crippen LogP contribution >= 0.6 is 0 Å². The summed E-state index contributed by atoms with van der Waals surface area (Å²) in [7, 11) is 1.89. The highest BCUT2D eigenvalue weighted by atomic mass is 15.8. The van der Waals surface area contributed by atoms with Crippen LogP contribution in [0.2, 0.25) is 0 Å².